The van der Waals surface area contributed by atoms with Crippen LogP contribution in [-0.2, 0) is 6.54 Å². The molecule has 0 amide bonds. The van der Waals surface area contributed by atoms with Gasteiger partial charge in [0.25, 0.3) is 0 Å². The number of nitrogens with zero attached hydrogens (tertiary/aromatic N) is 4. The van der Waals surface area contributed by atoms with Crippen molar-refractivity contribution in [1.29, 1.82) is 0 Å². The molecular weight excluding hydrogens is 290 g/mol. The molecule has 21 heavy (non-hydrogen) atoms. The lowest BCUT2D eigenvalue weighted by molar-refractivity contribution is 0.414. The Kier molecular flexibility index (Phi) is 3.62. The van der Waals surface area contributed by atoms with E-state index in [1.54, 1.807) is 13.4 Å². The zero-order chi connectivity index (χ0) is 14.8. The zero-order valence-corrected chi connectivity index (χ0v) is 12.4. The molecule has 0 aliphatic heterocycles. The maximum atomic E-state index is 5.95. The van der Waals surface area contributed by atoms with Gasteiger partial charge in [0.2, 0.25) is 5.28 Å². The van der Waals surface area contributed by atoms with Gasteiger partial charge in [0.05, 0.1) is 13.4 Å². The number of rotatable bonds is 4. The van der Waals surface area contributed by atoms with E-state index in [4.69, 9.17) is 16.3 Å². The fourth-order valence-corrected chi connectivity index (χ4v) is 2.35. The van der Waals surface area contributed by atoms with Gasteiger partial charge in [-0.3, -0.25) is 0 Å². The summed E-state index contributed by atoms with van der Waals surface area (Å²) in [5, 5.41) is 0.182. The van der Waals surface area contributed by atoms with Crippen LogP contribution < -0.4 is 9.64 Å². The van der Waals surface area contributed by atoms with Gasteiger partial charge in [-0.1, -0.05) is 12.1 Å². The van der Waals surface area contributed by atoms with Crippen LogP contribution in [0.1, 0.15) is 5.56 Å². The van der Waals surface area contributed by atoms with Crippen LogP contribution in [0.4, 0.5) is 5.82 Å². The lowest BCUT2D eigenvalue weighted by atomic mass is 10.2. The highest BCUT2D eigenvalue weighted by Crippen LogP contribution is 2.23. The number of hydrogen-bond donors (Lipinski definition) is 1. The SMILES string of the molecule is COc1cccc(CN(C)c2nc(Cl)nc3nc[nH]c23)c1. The molecule has 0 bridgehead atoms. The summed E-state index contributed by atoms with van der Waals surface area (Å²) < 4.78 is 5.24. The molecule has 0 saturated carbocycles. The third-order valence-electron chi connectivity index (χ3n) is 3.15. The molecule has 0 saturated heterocycles. The number of anilines is 1. The maximum absolute atomic E-state index is 5.95. The van der Waals surface area contributed by atoms with Gasteiger partial charge in [-0.05, 0) is 29.3 Å². The van der Waals surface area contributed by atoms with Crippen molar-refractivity contribution in [3.05, 3.63) is 41.4 Å². The van der Waals surface area contributed by atoms with Crippen LogP contribution in [0.5, 0.6) is 5.75 Å². The molecule has 0 radical (unpaired) electrons. The number of aromatic nitrogens is 4. The van der Waals surface area contributed by atoms with E-state index in [-0.39, 0.29) is 5.28 Å². The highest BCUT2D eigenvalue weighted by Gasteiger charge is 2.13. The van der Waals surface area contributed by atoms with Gasteiger partial charge in [0.15, 0.2) is 11.5 Å². The van der Waals surface area contributed by atoms with Crippen molar-refractivity contribution >= 4 is 28.6 Å². The van der Waals surface area contributed by atoms with Crippen molar-refractivity contribution in [2.75, 3.05) is 19.1 Å². The summed E-state index contributed by atoms with van der Waals surface area (Å²) in [6, 6.07) is 7.90. The molecule has 0 aliphatic carbocycles. The summed E-state index contributed by atoms with van der Waals surface area (Å²) in [6.45, 7) is 0.665. The first kappa shape index (κ1) is 13.6. The Labute approximate surface area is 126 Å². The third kappa shape index (κ3) is 2.75. The number of fused-ring (bicyclic) bond motifs is 1. The molecule has 0 unspecified atom stereocenters. The fourth-order valence-electron chi connectivity index (χ4n) is 2.19. The van der Waals surface area contributed by atoms with Gasteiger partial charge in [0.1, 0.15) is 11.3 Å². The summed E-state index contributed by atoms with van der Waals surface area (Å²) in [5.41, 5.74) is 2.44. The molecule has 0 atom stereocenters. The quantitative estimate of drug-likeness (QED) is 0.751. The number of halogens is 1. The normalized spacial score (nSPS) is 10.8. The molecule has 2 aromatic heterocycles. The average Bonchev–Trinajstić information content (AvgIpc) is 2.94. The molecule has 1 N–H and O–H groups in total. The van der Waals surface area contributed by atoms with Crippen molar-refractivity contribution in [2.24, 2.45) is 0 Å². The fraction of sp³-hybridized carbons (Fsp3) is 0.214. The highest BCUT2D eigenvalue weighted by atomic mass is 35.5. The zero-order valence-electron chi connectivity index (χ0n) is 11.7. The Balaban J connectivity index is 1.93. The number of hydrogen-bond acceptors (Lipinski definition) is 5. The van der Waals surface area contributed by atoms with Gasteiger partial charge in [-0.25, -0.2) is 4.98 Å². The molecule has 3 aromatic rings. The molecule has 6 nitrogen and oxygen atoms in total. The van der Waals surface area contributed by atoms with Crippen molar-refractivity contribution in [3.63, 3.8) is 0 Å². The van der Waals surface area contributed by atoms with Crippen molar-refractivity contribution in [3.8, 4) is 5.75 Å². The largest absolute Gasteiger partial charge is 0.497 e. The van der Waals surface area contributed by atoms with Crippen molar-refractivity contribution < 1.29 is 4.74 Å². The van der Waals surface area contributed by atoms with E-state index in [0.29, 0.717) is 18.0 Å². The molecule has 7 heteroatoms. The minimum atomic E-state index is 0.182. The Morgan fingerprint density at radius 2 is 2.19 bits per heavy atom. The van der Waals surface area contributed by atoms with Crippen molar-refractivity contribution in [2.45, 2.75) is 6.54 Å². The first-order chi connectivity index (χ1) is 10.2. The number of nitrogens with one attached hydrogen (secondary N) is 1. The van der Waals surface area contributed by atoms with Crippen LogP contribution in [0.15, 0.2) is 30.6 Å². The minimum absolute atomic E-state index is 0.182. The first-order valence-electron chi connectivity index (χ1n) is 6.38. The first-order valence-corrected chi connectivity index (χ1v) is 6.76. The minimum Gasteiger partial charge on any atom is -0.497 e. The van der Waals surface area contributed by atoms with E-state index in [0.717, 1.165) is 16.8 Å². The Morgan fingerprint density at radius 1 is 1.33 bits per heavy atom. The van der Waals surface area contributed by atoms with Gasteiger partial charge in [0, 0.05) is 13.6 Å². The number of H-pyrrole nitrogens is 1. The number of benzene rings is 1. The summed E-state index contributed by atoms with van der Waals surface area (Å²) in [6.07, 6.45) is 1.58. The Morgan fingerprint density at radius 3 is 3.00 bits per heavy atom. The van der Waals surface area contributed by atoms with E-state index < -0.39 is 0 Å². The summed E-state index contributed by atoms with van der Waals surface area (Å²) >= 11 is 5.95. The second-order valence-corrected chi connectivity index (χ2v) is 4.96. The van der Waals surface area contributed by atoms with Crippen LogP contribution in [0.3, 0.4) is 0 Å². The molecular formula is C14H14ClN5O. The monoisotopic (exact) mass is 303 g/mol. The van der Waals surface area contributed by atoms with Crippen LogP contribution in [-0.4, -0.2) is 34.1 Å². The second kappa shape index (κ2) is 5.57. The van der Waals surface area contributed by atoms with Crippen LogP contribution in [0.2, 0.25) is 5.28 Å². The number of aromatic amines is 1. The van der Waals surface area contributed by atoms with E-state index in [9.17, 15) is 0 Å². The molecule has 1 aromatic carbocycles. The van der Waals surface area contributed by atoms with Gasteiger partial charge >= 0.3 is 0 Å². The number of methoxy groups -OCH3 is 1. The molecule has 0 spiro atoms. The van der Waals surface area contributed by atoms with E-state index in [1.807, 2.05) is 36.2 Å². The van der Waals surface area contributed by atoms with Gasteiger partial charge in [-0.15, -0.1) is 0 Å². The molecule has 0 fully saturated rings. The third-order valence-corrected chi connectivity index (χ3v) is 3.32. The average molecular weight is 304 g/mol. The van der Waals surface area contributed by atoms with Crippen LogP contribution >= 0.6 is 11.6 Å². The predicted octanol–water partition coefficient (Wildman–Crippen LogP) is 2.65. The predicted molar refractivity (Wildman–Crippen MR) is 81.8 cm³/mol. The van der Waals surface area contributed by atoms with Crippen LogP contribution in [0.25, 0.3) is 11.2 Å². The summed E-state index contributed by atoms with van der Waals surface area (Å²) in [7, 11) is 3.60. The number of imidazole rings is 1. The lowest BCUT2D eigenvalue weighted by Gasteiger charge is -2.19. The Bertz CT molecular complexity index is 773. The molecule has 108 valence electrons. The van der Waals surface area contributed by atoms with E-state index in [2.05, 4.69) is 19.9 Å². The maximum Gasteiger partial charge on any atom is 0.226 e. The van der Waals surface area contributed by atoms with E-state index in [1.165, 1.54) is 0 Å². The standard InChI is InChI=1S/C14H14ClN5O/c1-20(7-9-4-3-5-10(6-9)21-2)13-11-12(17-8-16-11)18-14(15)19-13/h3-6,8H,7H2,1-2H3,(H,16,17,18,19). The molecule has 2 heterocycles. The summed E-state index contributed by atoms with van der Waals surface area (Å²) in [4.78, 5) is 17.5. The molecule has 0 aliphatic rings. The van der Waals surface area contributed by atoms with Gasteiger partial charge < -0.3 is 14.6 Å². The smallest absolute Gasteiger partial charge is 0.226 e. The Hall–Kier alpha value is -2.34. The second-order valence-electron chi connectivity index (χ2n) is 4.62. The number of ether oxygens (including phenoxy) is 1. The highest BCUT2D eigenvalue weighted by molar-refractivity contribution is 6.28. The summed E-state index contributed by atoms with van der Waals surface area (Å²) in [5.74, 6) is 1.54. The topological polar surface area (TPSA) is 66.9 Å². The lowest BCUT2D eigenvalue weighted by Crippen LogP contribution is -2.18. The van der Waals surface area contributed by atoms with Crippen molar-refractivity contribution in [1.82, 2.24) is 19.9 Å². The van der Waals surface area contributed by atoms with Gasteiger partial charge in [-0.2, -0.15) is 9.97 Å². The molecule has 3 rings (SSSR count). The van der Waals surface area contributed by atoms with Crippen LogP contribution in [0, 0.1) is 0 Å². The van der Waals surface area contributed by atoms with E-state index >= 15 is 0 Å².